The minimum atomic E-state index is -0.256. The number of fused-ring (bicyclic) bond motifs is 3. The fraction of sp³-hybridized carbons (Fsp3) is 0.579. The van der Waals surface area contributed by atoms with Crippen molar-refractivity contribution in [2.24, 2.45) is 0 Å². The van der Waals surface area contributed by atoms with Crippen LogP contribution in [0.5, 0.6) is 0 Å². The number of carbonyl (C=O) groups is 2. The highest BCUT2D eigenvalue weighted by molar-refractivity contribution is 5.94. The molecule has 4 amide bonds. The van der Waals surface area contributed by atoms with Gasteiger partial charge in [0.15, 0.2) is 0 Å². The van der Waals surface area contributed by atoms with Gasteiger partial charge in [-0.25, -0.2) is 9.59 Å². The lowest BCUT2D eigenvalue weighted by Gasteiger charge is -2.58. The predicted octanol–water partition coefficient (Wildman–Crippen LogP) is 1.87. The van der Waals surface area contributed by atoms with Crippen molar-refractivity contribution in [3.05, 3.63) is 29.8 Å². The lowest BCUT2D eigenvalue weighted by molar-refractivity contribution is -0.00689. The van der Waals surface area contributed by atoms with E-state index in [0.29, 0.717) is 13.1 Å². The zero-order valence-electron chi connectivity index (χ0n) is 15.6. The molecule has 0 unspecified atom stereocenters. The van der Waals surface area contributed by atoms with Gasteiger partial charge in [-0.2, -0.15) is 0 Å². The van der Waals surface area contributed by atoms with Gasteiger partial charge < -0.3 is 20.6 Å². The summed E-state index contributed by atoms with van der Waals surface area (Å²) >= 11 is 0. The highest BCUT2D eigenvalue weighted by Gasteiger charge is 2.55. The molecule has 0 saturated carbocycles. The van der Waals surface area contributed by atoms with E-state index >= 15 is 0 Å². The Morgan fingerprint density at radius 3 is 2.65 bits per heavy atom. The van der Waals surface area contributed by atoms with Crippen molar-refractivity contribution in [1.29, 1.82) is 0 Å². The summed E-state index contributed by atoms with van der Waals surface area (Å²) in [5.74, 6) is 0.0478. The molecule has 1 fully saturated rings. The molecule has 0 radical (unpaired) electrons. The van der Waals surface area contributed by atoms with Crippen molar-refractivity contribution in [3.63, 3.8) is 0 Å². The number of nitrogens with zero attached hydrogens (tertiary/aromatic N) is 2. The number of rotatable bonds is 4. The van der Waals surface area contributed by atoms with Crippen molar-refractivity contribution < 1.29 is 14.7 Å². The minimum Gasteiger partial charge on any atom is -0.394 e. The van der Waals surface area contributed by atoms with E-state index in [1.165, 1.54) is 0 Å². The van der Waals surface area contributed by atoms with Crippen LogP contribution in [-0.4, -0.2) is 59.9 Å². The molecule has 3 rings (SSSR count). The first kappa shape index (κ1) is 18.5. The summed E-state index contributed by atoms with van der Waals surface area (Å²) in [5, 5.41) is 15.7. The first-order valence-electron chi connectivity index (χ1n) is 9.33. The molecule has 3 atom stereocenters. The second-order valence-corrected chi connectivity index (χ2v) is 7.26. The van der Waals surface area contributed by atoms with Gasteiger partial charge in [-0.05, 0) is 31.9 Å². The molecule has 1 aromatic carbocycles. The van der Waals surface area contributed by atoms with E-state index < -0.39 is 0 Å². The largest absolute Gasteiger partial charge is 0.394 e. The number of hydrogen-bond acceptors (Lipinski definition) is 3. The van der Waals surface area contributed by atoms with Crippen molar-refractivity contribution >= 4 is 17.7 Å². The fourth-order valence-electron chi connectivity index (χ4n) is 4.01. The average Bonchev–Trinajstić information content (AvgIpc) is 2.59. The van der Waals surface area contributed by atoms with E-state index in [1.54, 1.807) is 9.80 Å². The normalized spacial score (nSPS) is 23.8. The number of para-hydroxylation sites is 1. The van der Waals surface area contributed by atoms with Crippen molar-refractivity contribution in [2.75, 3.05) is 24.6 Å². The highest BCUT2D eigenvalue weighted by atomic mass is 16.3. The van der Waals surface area contributed by atoms with Crippen LogP contribution in [0.2, 0.25) is 0 Å². The third-order valence-corrected chi connectivity index (χ3v) is 5.11. The van der Waals surface area contributed by atoms with E-state index in [-0.39, 0.29) is 42.7 Å². The van der Waals surface area contributed by atoms with Crippen LogP contribution in [0.25, 0.3) is 0 Å². The molecule has 0 spiro atoms. The molecule has 3 N–H and O–H groups in total. The molecular weight excluding hydrogens is 332 g/mol. The van der Waals surface area contributed by atoms with Gasteiger partial charge in [0, 0.05) is 30.7 Å². The Morgan fingerprint density at radius 2 is 2.00 bits per heavy atom. The van der Waals surface area contributed by atoms with E-state index in [9.17, 15) is 14.7 Å². The SMILES string of the molecule is CCCNC(=O)N1[C@H](CO)[C@@H]2c3ccccc3N(C(=O)NC(C)C)C[C@@H]21. The smallest absolute Gasteiger partial charge is 0.322 e. The van der Waals surface area contributed by atoms with Crippen LogP contribution < -0.4 is 15.5 Å². The maximum Gasteiger partial charge on any atom is 0.322 e. The average molecular weight is 360 g/mol. The molecule has 2 heterocycles. The number of nitrogens with one attached hydrogen (secondary N) is 2. The maximum atomic E-state index is 12.7. The van der Waals surface area contributed by atoms with Crippen LogP contribution in [0, 0.1) is 0 Å². The molecule has 0 bridgehead atoms. The Balaban J connectivity index is 1.90. The van der Waals surface area contributed by atoms with Crippen LogP contribution in [0.15, 0.2) is 24.3 Å². The number of aliphatic hydroxyl groups excluding tert-OH is 1. The third kappa shape index (κ3) is 3.11. The Bertz CT molecular complexity index is 679. The summed E-state index contributed by atoms with van der Waals surface area (Å²) in [6.45, 7) is 6.78. The second kappa shape index (κ2) is 7.53. The van der Waals surface area contributed by atoms with Crippen molar-refractivity contribution in [1.82, 2.24) is 15.5 Å². The van der Waals surface area contributed by atoms with Crippen molar-refractivity contribution in [3.8, 4) is 0 Å². The molecular formula is C19H28N4O3. The Hall–Kier alpha value is -2.28. The molecule has 0 aromatic heterocycles. The van der Waals surface area contributed by atoms with Crippen LogP contribution in [-0.2, 0) is 0 Å². The Labute approximate surface area is 154 Å². The molecule has 1 aromatic rings. The van der Waals surface area contributed by atoms with Gasteiger partial charge in [0.1, 0.15) is 0 Å². The number of hydrogen-bond donors (Lipinski definition) is 3. The van der Waals surface area contributed by atoms with Gasteiger partial charge in [0.2, 0.25) is 0 Å². The molecule has 2 aliphatic rings. The topological polar surface area (TPSA) is 84.9 Å². The van der Waals surface area contributed by atoms with Crippen LogP contribution >= 0.6 is 0 Å². The van der Waals surface area contributed by atoms with Gasteiger partial charge >= 0.3 is 12.1 Å². The van der Waals surface area contributed by atoms with E-state index in [4.69, 9.17) is 0 Å². The summed E-state index contributed by atoms with van der Waals surface area (Å²) in [5.41, 5.74) is 1.88. The van der Waals surface area contributed by atoms with Crippen LogP contribution in [0.3, 0.4) is 0 Å². The molecule has 7 nitrogen and oxygen atoms in total. The number of likely N-dealkylation sites (tertiary alicyclic amines) is 1. The van der Waals surface area contributed by atoms with Crippen molar-refractivity contribution in [2.45, 2.75) is 51.2 Å². The van der Waals surface area contributed by atoms with Gasteiger partial charge in [0.25, 0.3) is 0 Å². The zero-order chi connectivity index (χ0) is 18.8. The van der Waals surface area contributed by atoms with E-state index in [1.807, 2.05) is 45.0 Å². The summed E-state index contributed by atoms with van der Waals surface area (Å²) in [6.07, 6.45) is 0.850. The maximum absolute atomic E-state index is 12.7. The summed E-state index contributed by atoms with van der Waals surface area (Å²) in [4.78, 5) is 28.7. The highest BCUT2D eigenvalue weighted by Crippen LogP contribution is 2.48. The molecule has 26 heavy (non-hydrogen) atoms. The number of urea groups is 2. The first-order chi connectivity index (χ1) is 12.5. The second-order valence-electron chi connectivity index (χ2n) is 7.26. The Kier molecular flexibility index (Phi) is 5.36. The van der Waals surface area contributed by atoms with Gasteiger partial charge in [-0.3, -0.25) is 4.90 Å². The monoisotopic (exact) mass is 360 g/mol. The number of benzene rings is 1. The summed E-state index contributed by atoms with van der Waals surface area (Å²) < 4.78 is 0. The number of aliphatic hydroxyl groups is 1. The van der Waals surface area contributed by atoms with Gasteiger partial charge in [0.05, 0.1) is 18.7 Å². The van der Waals surface area contributed by atoms with E-state index in [2.05, 4.69) is 10.6 Å². The molecule has 142 valence electrons. The third-order valence-electron chi connectivity index (χ3n) is 5.11. The molecule has 1 saturated heterocycles. The molecule has 7 heteroatoms. The standard InChI is InChI=1S/C19H28N4O3/c1-4-9-20-18(25)23-15-10-22(19(26)21-12(2)3)14-8-6-5-7-13(14)17(15)16(23)11-24/h5-8,12,15-17,24H,4,9-11H2,1-3H3,(H,20,25)(H,21,26)/t15-,16+,17+/m0/s1. The number of carbonyl (C=O) groups excluding carboxylic acids is 2. The molecule has 0 aliphatic carbocycles. The fourth-order valence-corrected chi connectivity index (χ4v) is 4.01. The lowest BCUT2D eigenvalue weighted by atomic mass is 9.72. The predicted molar refractivity (Wildman–Crippen MR) is 100 cm³/mol. The molecule has 2 aliphatic heterocycles. The number of anilines is 1. The lowest BCUT2D eigenvalue weighted by Crippen LogP contribution is -2.72. The minimum absolute atomic E-state index is 0.0305. The van der Waals surface area contributed by atoms with Crippen LogP contribution in [0.1, 0.15) is 38.7 Å². The first-order valence-corrected chi connectivity index (χ1v) is 9.33. The van der Waals surface area contributed by atoms with Crippen LogP contribution in [0.4, 0.5) is 15.3 Å². The quantitative estimate of drug-likeness (QED) is 0.766. The summed E-state index contributed by atoms with van der Waals surface area (Å²) in [6, 6.07) is 7.09. The number of amides is 4. The van der Waals surface area contributed by atoms with Gasteiger partial charge in [-0.15, -0.1) is 0 Å². The van der Waals surface area contributed by atoms with E-state index in [0.717, 1.165) is 17.7 Å². The van der Waals surface area contributed by atoms with Gasteiger partial charge in [-0.1, -0.05) is 25.1 Å². The zero-order valence-corrected chi connectivity index (χ0v) is 15.6. The summed E-state index contributed by atoms with van der Waals surface area (Å²) in [7, 11) is 0. The Morgan fingerprint density at radius 1 is 1.27 bits per heavy atom.